The molecule has 6 rings (SSSR count). The van der Waals surface area contributed by atoms with Crippen molar-refractivity contribution in [3.63, 3.8) is 0 Å². The Labute approximate surface area is 202 Å². The van der Waals surface area contributed by atoms with E-state index in [4.69, 9.17) is 16.3 Å². The zero-order chi connectivity index (χ0) is 24.7. The van der Waals surface area contributed by atoms with Crippen molar-refractivity contribution >= 4 is 23.6 Å². The van der Waals surface area contributed by atoms with E-state index < -0.39 is 23.7 Å². The number of aromatic nitrogens is 3. The molecule has 35 heavy (non-hydrogen) atoms. The topological polar surface area (TPSA) is 68.2 Å². The van der Waals surface area contributed by atoms with Gasteiger partial charge in [-0.2, -0.15) is 13.2 Å². The highest BCUT2D eigenvalue weighted by Gasteiger charge is 2.44. The fourth-order valence-corrected chi connectivity index (χ4v) is 5.15. The van der Waals surface area contributed by atoms with Crippen LogP contribution in [0.4, 0.5) is 23.2 Å². The highest BCUT2D eigenvalue weighted by molar-refractivity contribution is 6.31. The molecule has 182 valence electrons. The van der Waals surface area contributed by atoms with E-state index in [2.05, 4.69) is 15.0 Å². The molecule has 11 heteroatoms. The molecule has 0 spiro atoms. The van der Waals surface area contributed by atoms with E-state index in [9.17, 15) is 22.4 Å². The first-order valence-corrected chi connectivity index (χ1v) is 11.3. The number of fused-ring (bicyclic) bond motifs is 3. The van der Waals surface area contributed by atoms with Crippen LogP contribution in [0, 0.1) is 11.7 Å². The third kappa shape index (κ3) is 4.54. The highest BCUT2D eigenvalue weighted by Crippen LogP contribution is 2.43. The van der Waals surface area contributed by atoms with Crippen molar-refractivity contribution in [2.45, 2.75) is 37.6 Å². The standard InChI is InChI=1S/C24H19ClF4N4O2/c25-18-7-14(24(27,28)29)10-32-23(18)35-21-6-13-2-3-19(21)33(11-13)20-9-15(26)8-16(17(20)12-34)22-30-4-1-5-31-22/h1,4-5,7-10,12-13,19,21H,2-3,6,11H2/t13-,19+,21-/m1/s1. The highest BCUT2D eigenvalue weighted by atomic mass is 35.5. The number of piperidine rings is 2. The van der Waals surface area contributed by atoms with Crippen LogP contribution in [0.3, 0.4) is 0 Å². The summed E-state index contributed by atoms with van der Waals surface area (Å²) < 4.78 is 59.6. The van der Waals surface area contributed by atoms with Crippen LogP contribution in [0.15, 0.2) is 42.9 Å². The average molecular weight is 507 g/mol. The lowest BCUT2D eigenvalue weighted by atomic mass is 9.77. The molecule has 0 N–H and O–H groups in total. The summed E-state index contributed by atoms with van der Waals surface area (Å²) in [4.78, 5) is 26.2. The van der Waals surface area contributed by atoms with Gasteiger partial charge in [0.1, 0.15) is 16.9 Å². The summed E-state index contributed by atoms with van der Waals surface area (Å²) in [6.45, 7) is 0.581. The Morgan fingerprint density at radius 3 is 2.54 bits per heavy atom. The number of hydrogen-bond donors (Lipinski definition) is 0. The van der Waals surface area contributed by atoms with Gasteiger partial charge in [-0.15, -0.1) is 0 Å². The lowest BCUT2D eigenvalue weighted by Gasteiger charge is -2.50. The van der Waals surface area contributed by atoms with Crippen LogP contribution in [0.1, 0.15) is 35.2 Å². The van der Waals surface area contributed by atoms with Crippen LogP contribution >= 0.6 is 11.6 Å². The van der Waals surface area contributed by atoms with E-state index in [1.165, 1.54) is 24.5 Å². The summed E-state index contributed by atoms with van der Waals surface area (Å²) in [5, 5.41) is -0.240. The summed E-state index contributed by atoms with van der Waals surface area (Å²) in [5.74, 6) is -0.228. The van der Waals surface area contributed by atoms with Crippen molar-refractivity contribution in [3.8, 4) is 17.3 Å². The third-order valence-electron chi connectivity index (χ3n) is 6.48. The summed E-state index contributed by atoms with van der Waals surface area (Å²) in [6.07, 6.45) is 1.58. The van der Waals surface area contributed by atoms with Gasteiger partial charge < -0.3 is 9.64 Å². The Morgan fingerprint density at radius 2 is 1.89 bits per heavy atom. The predicted octanol–water partition coefficient (Wildman–Crippen LogP) is 5.60. The maximum absolute atomic E-state index is 14.7. The summed E-state index contributed by atoms with van der Waals surface area (Å²) in [5.41, 5.74) is -0.0267. The molecule has 0 radical (unpaired) electrons. The van der Waals surface area contributed by atoms with E-state index in [1.54, 1.807) is 6.07 Å². The molecule has 2 aliphatic heterocycles. The number of rotatable bonds is 5. The van der Waals surface area contributed by atoms with Gasteiger partial charge in [0.05, 0.1) is 17.3 Å². The van der Waals surface area contributed by atoms with Crippen molar-refractivity contribution < 1.29 is 27.1 Å². The number of pyridine rings is 1. The Bertz CT molecular complexity index is 1260. The Balaban J connectivity index is 1.48. The number of carbonyl (C=O) groups is 1. The number of aldehydes is 1. The molecule has 4 heterocycles. The maximum atomic E-state index is 14.7. The van der Waals surface area contributed by atoms with Crippen LogP contribution < -0.4 is 9.64 Å². The first-order valence-electron chi connectivity index (χ1n) is 11.0. The molecule has 1 aromatic carbocycles. The molecule has 1 saturated carbocycles. The van der Waals surface area contributed by atoms with Crippen LogP contribution in [0.2, 0.25) is 5.02 Å². The molecule has 0 unspecified atom stereocenters. The number of benzene rings is 1. The lowest BCUT2D eigenvalue weighted by molar-refractivity contribution is -0.137. The Morgan fingerprint density at radius 1 is 1.11 bits per heavy atom. The van der Waals surface area contributed by atoms with Crippen molar-refractivity contribution in [3.05, 3.63) is 64.8 Å². The van der Waals surface area contributed by atoms with Crippen molar-refractivity contribution in [1.82, 2.24) is 15.0 Å². The second kappa shape index (κ2) is 9.07. The smallest absolute Gasteiger partial charge is 0.417 e. The number of alkyl halides is 3. The number of halogens is 5. The predicted molar refractivity (Wildman–Crippen MR) is 120 cm³/mol. The van der Waals surface area contributed by atoms with Crippen LogP contribution in [-0.2, 0) is 6.18 Å². The number of anilines is 1. The molecule has 3 atom stereocenters. The number of hydrogen-bond acceptors (Lipinski definition) is 6. The molecule has 3 fully saturated rings. The summed E-state index contributed by atoms with van der Waals surface area (Å²) >= 11 is 6.06. The molecular formula is C24H19ClF4N4O2. The monoisotopic (exact) mass is 506 g/mol. The number of carbonyl (C=O) groups excluding carboxylic acids is 1. The van der Waals surface area contributed by atoms with Crippen LogP contribution in [0.5, 0.6) is 5.88 Å². The SMILES string of the molecule is O=Cc1c(-c2ncccn2)cc(F)cc1N1C[C@@H]2CC[C@H]1[C@H](Oc1ncc(C(F)(F)F)cc1Cl)C2. The number of ether oxygens (including phenoxy) is 1. The minimum atomic E-state index is -4.57. The Hall–Kier alpha value is -3.27. The Kier molecular flexibility index (Phi) is 6.08. The third-order valence-corrected chi connectivity index (χ3v) is 6.75. The zero-order valence-corrected chi connectivity index (χ0v) is 18.9. The molecule has 1 aliphatic carbocycles. The van der Waals surface area contributed by atoms with E-state index >= 15 is 0 Å². The summed E-state index contributed by atoms with van der Waals surface area (Å²) in [6, 6.07) is 4.68. The molecule has 2 saturated heterocycles. The van der Waals surface area contributed by atoms with E-state index in [-0.39, 0.29) is 39.8 Å². The normalized spacial score (nSPS) is 21.7. The molecule has 3 aromatic rings. The van der Waals surface area contributed by atoms with Gasteiger partial charge in [-0.25, -0.2) is 19.3 Å². The first-order chi connectivity index (χ1) is 16.7. The first kappa shape index (κ1) is 23.5. The van der Waals surface area contributed by atoms with Gasteiger partial charge in [0, 0.05) is 36.3 Å². The average Bonchev–Trinajstić information content (AvgIpc) is 2.85. The van der Waals surface area contributed by atoms with Gasteiger partial charge in [0.2, 0.25) is 5.88 Å². The molecule has 3 aliphatic rings. The van der Waals surface area contributed by atoms with Gasteiger partial charge in [-0.05, 0) is 49.4 Å². The van der Waals surface area contributed by atoms with Crippen LogP contribution in [-0.4, -0.2) is 39.9 Å². The van der Waals surface area contributed by atoms with Gasteiger partial charge in [0.15, 0.2) is 12.1 Å². The van der Waals surface area contributed by atoms with Gasteiger partial charge >= 0.3 is 6.18 Å². The van der Waals surface area contributed by atoms with Crippen molar-refractivity contribution in [1.29, 1.82) is 0 Å². The molecule has 2 bridgehead atoms. The maximum Gasteiger partial charge on any atom is 0.417 e. The zero-order valence-electron chi connectivity index (χ0n) is 18.2. The fourth-order valence-electron chi connectivity index (χ4n) is 4.93. The second-order valence-corrected chi connectivity index (χ2v) is 9.05. The van der Waals surface area contributed by atoms with Gasteiger partial charge in [-0.3, -0.25) is 4.79 Å². The lowest BCUT2D eigenvalue weighted by Crippen LogP contribution is -2.58. The minimum Gasteiger partial charge on any atom is -0.471 e. The van der Waals surface area contributed by atoms with Crippen LogP contribution in [0.25, 0.3) is 11.4 Å². The molecule has 2 aromatic heterocycles. The van der Waals surface area contributed by atoms with Crippen molar-refractivity contribution in [2.75, 3.05) is 11.4 Å². The van der Waals surface area contributed by atoms with Gasteiger partial charge in [0.25, 0.3) is 0 Å². The number of nitrogens with zero attached hydrogens (tertiary/aromatic N) is 4. The van der Waals surface area contributed by atoms with Gasteiger partial charge in [-0.1, -0.05) is 11.6 Å². The molecular weight excluding hydrogens is 488 g/mol. The van der Waals surface area contributed by atoms with E-state index in [1.807, 2.05) is 4.90 Å². The fraction of sp³-hybridized carbons (Fsp3) is 0.333. The van der Waals surface area contributed by atoms with E-state index in [0.29, 0.717) is 37.6 Å². The quantitative estimate of drug-likeness (QED) is 0.331. The molecule has 6 nitrogen and oxygen atoms in total. The largest absolute Gasteiger partial charge is 0.471 e. The second-order valence-electron chi connectivity index (χ2n) is 8.64. The van der Waals surface area contributed by atoms with Crippen molar-refractivity contribution in [2.24, 2.45) is 5.92 Å². The van der Waals surface area contributed by atoms with E-state index in [0.717, 1.165) is 12.5 Å². The summed E-state index contributed by atoms with van der Waals surface area (Å²) in [7, 11) is 0. The minimum absolute atomic E-state index is 0.0922. The molecule has 0 amide bonds.